The third-order valence-corrected chi connectivity index (χ3v) is 3.66. The summed E-state index contributed by atoms with van der Waals surface area (Å²) in [6.07, 6.45) is 2.19. The molecule has 4 heteroatoms. The van der Waals surface area contributed by atoms with E-state index in [1.807, 2.05) is 0 Å². The molecule has 1 unspecified atom stereocenters. The van der Waals surface area contributed by atoms with Gasteiger partial charge in [0.2, 0.25) is 0 Å². The lowest BCUT2D eigenvalue weighted by Crippen LogP contribution is -2.36. The van der Waals surface area contributed by atoms with Crippen LogP contribution in [0.1, 0.15) is 25.3 Å². The van der Waals surface area contributed by atoms with E-state index in [1.54, 1.807) is 12.1 Å². The highest BCUT2D eigenvalue weighted by Crippen LogP contribution is 2.23. The van der Waals surface area contributed by atoms with Gasteiger partial charge in [0.15, 0.2) is 0 Å². The molecule has 2 rings (SSSR count). The van der Waals surface area contributed by atoms with Crippen molar-refractivity contribution in [3.05, 3.63) is 23.8 Å². The van der Waals surface area contributed by atoms with E-state index >= 15 is 0 Å². The molecule has 1 fully saturated rings. The van der Waals surface area contributed by atoms with Crippen LogP contribution in [0.25, 0.3) is 0 Å². The Hall–Kier alpha value is -1.26. The minimum atomic E-state index is 0.0914. The van der Waals surface area contributed by atoms with Crippen LogP contribution in [0.4, 0.5) is 0 Å². The van der Waals surface area contributed by atoms with Crippen LogP contribution in [-0.4, -0.2) is 29.5 Å². The van der Waals surface area contributed by atoms with Crippen molar-refractivity contribution < 1.29 is 14.9 Å². The van der Waals surface area contributed by atoms with Gasteiger partial charge in [0.1, 0.15) is 11.5 Å². The lowest BCUT2D eigenvalue weighted by Gasteiger charge is -2.28. The molecule has 1 aliphatic rings. The molecule has 1 atom stereocenters. The van der Waals surface area contributed by atoms with Crippen molar-refractivity contribution in [3.63, 3.8) is 0 Å². The van der Waals surface area contributed by atoms with Crippen molar-refractivity contribution in [2.45, 2.75) is 32.4 Å². The van der Waals surface area contributed by atoms with E-state index in [2.05, 4.69) is 12.2 Å². The van der Waals surface area contributed by atoms with Gasteiger partial charge >= 0.3 is 0 Å². The summed E-state index contributed by atoms with van der Waals surface area (Å²) in [6, 6.07) is 5.11. The van der Waals surface area contributed by atoms with Crippen LogP contribution in [0, 0.1) is 5.92 Å². The highest BCUT2D eigenvalue weighted by atomic mass is 16.5. The average molecular weight is 251 g/mol. The van der Waals surface area contributed by atoms with Crippen molar-refractivity contribution in [1.82, 2.24) is 5.32 Å². The van der Waals surface area contributed by atoms with Crippen LogP contribution in [0.2, 0.25) is 0 Å². The number of hydrogen-bond donors (Lipinski definition) is 3. The third-order valence-electron chi connectivity index (χ3n) is 3.66. The van der Waals surface area contributed by atoms with Gasteiger partial charge in [-0.05, 0) is 31.7 Å². The van der Waals surface area contributed by atoms with Gasteiger partial charge in [-0.3, -0.25) is 0 Å². The zero-order valence-electron chi connectivity index (χ0n) is 10.7. The van der Waals surface area contributed by atoms with Gasteiger partial charge in [0.25, 0.3) is 0 Å². The smallest absolute Gasteiger partial charge is 0.123 e. The van der Waals surface area contributed by atoms with E-state index in [0.29, 0.717) is 18.5 Å². The molecule has 4 nitrogen and oxygen atoms in total. The number of aromatic hydroxyl groups is 2. The normalized spacial score (nSPS) is 18.7. The topological polar surface area (TPSA) is 61.7 Å². The first kappa shape index (κ1) is 13.2. The number of ether oxygens (including phenoxy) is 1. The maximum atomic E-state index is 9.69. The fourth-order valence-electron chi connectivity index (χ4n) is 2.36. The average Bonchev–Trinajstić information content (AvgIpc) is 2.38. The Balaban J connectivity index is 1.86. The van der Waals surface area contributed by atoms with Gasteiger partial charge < -0.3 is 20.3 Å². The van der Waals surface area contributed by atoms with Gasteiger partial charge in [0, 0.05) is 37.4 Å². The van der Waals surface area contributed by atoms with E-state index in [9.17, 15) is 10.2 Å². The summed E-state index contributed by atoms with van der Waals surface area (Å²) in [5.74, 6) is 0.869. The summed E-state index contributed by atoms with van der Waals surface area (Å²) < 4.78 is 5.35. The Labute approximate surface area is 108 Å². The van der Waals surface area contributed by atoms with Gasteiger partial charge in [0.05, 0.1) is 0 Å². The maximum Gasteiger partial charge on any atom is 0.123 e. The Morgan fingerprint density at radius 3 is 2.72 bits per heavy atom. The summed E-state index contributed by atoms with van der Waals surface area (Å²) in [5.41, 5.74) is 0.812. The maximum absolute atomic E-state index is 9.69. The second kappa shape index (κ2) is 6.07. The molecule has 18 heavy (non-hydrogen) atoms. The number of phenols is 2. The van der Waals surface area contributed by atoms with Gasteiger partial charge in [-0.15, -0.1) is 0 Å². The summed E-state index contributed by atoms with van der Waals surface area (Å²) >= 11 is 0. The highest BCUT2D eigenvalue weighted by Gasteiger charge is 2.20. The van der Waals surface area contributed by atoms with E-state index in [1.165, 1.54) is 6.07 Å². The molecule has 1 heterocycles. The number of phenolic OH excluding ortho intramolecular Hbond substituents is 2. The van der Waals surface area contributed by atoms with E-state index in [0.717, 1.165) is 31.6 Å². The second-order valence-corrected chi connectivity index (χ2v) is 4.93. The first-order chi connectivity index (χ1) is 8.66. The Kier molecular flexibility index (Phi) is 4.44. The molecule has 1 aromatic carbocycles. The first-order valence-electron chi connectivity index (χ1n) is 6.49. The molecule has 0 saturated carbocycles. The molecule has 0 spiro atoms. The van der Waals surface area contributed by atoms with Crippen LogP contribution in [0.5, 0.6) is 11.5 Å². The summed E-state index contributed by atoms with van der Waals surface area (Å²) in [4.78, 5) is 0. The lowest BCUT2D eigenvalue weighted by molar-refractivity contribution is 0.0557. The molecule has 0 radical (unpaired) electrons. The quantitative estimate of drug-likeness (QED) is 0.766. The standard InChI is InChI=1S/C14H21NO3/c1-10(11-4-6-18-7-5-11)15-9-12-2-3-13(16)8-14(12)17/h2-3,8,10-11,15-17H,4-7,9H2,1H3. The fourth-order valence-corrected chi connectivity index (χ4v) is 2.36. The summed E-state index contributed by atoms with van der Waals surface area (Å²) in [6.45, 7) is 4.49. The highest BCUT2D eigenvalue weighted by molar-refractivity contribution is 5.38. The van der Waals surface area contributed by atoms with Crippen molar-refractivity contribution in [2.75, 3.05) is 13.2 Å². The van der Waals surface area contributed by atoms with E-state index in [-0.39, 0.29) is 11.5 Å². The van der Waals surface area contributed by atoms with Gasteiger partial charge in [-0.1, -0.05) is 6.07 Å². The predicted octanol–water partition coefficient (Wildman–Crippen LogP) is 2.00. The SMILES string of the molecule is CC(NCc1ccc(O)cc1O)C1CCOCC1. The molecule has 1 saturated heterocycles. The molecule has 0 aromatic heterocycles. The van der Waals surface area contributed by atoms with Crippen molar-refractivity contribution >= 4 is 0 Å². The largest absolute Gasteiger partial charge is 0.508 e. The van der Waals surface area contributed by atoms with Gasteiger partial charge in [-0.25, -0.2) is 0 Å². The molecular formula is C14H21NO3. The molecule has 0 bridgehead atoms. The summed E-state index contributed by atoms with van der Waals surface area (Å²) in [5, 5.41) is 22.4. The van der Waals surface area contributed by atoms with Crippen molar-refractivity contribution in [3.8, 4) is 11.5 Å². The Morgan fingerprint density at radius 2 is 2.06 bits per heavy atom. The minimum absolute atomic E-state index is 0.0914. The fraction of sp³-hybridized carbons (Fsp3) is 0.571. The molecule has 3 N–H and O–H groups in total. The monoisotopic (exact) mass is 251 g/mol. The summed E-state index contributed by atoms with van der Waals surface area (Å²) in [7, 11) is 0. The Bertz CT molecular complexity index is 389. The van der Waals surface area contributed by atoms with Crippen LogP contribution < -0.4 is 5.32 Å². The second-order valence-electron chi connectivity index (χ2n) is 4.93. The van der Waals surface area contributed by atoms with E-state index < -0.39 is 0 Å². The number of benzene rings is 1. The third kappa shape index (κ3) is 3.37. The van der Waals surface area contributed by atoms with Crippen molar-refractivity contribution in [2.24, 2.45) is 5.92 Å². The molecule has 1 aliphatic heterocycles. The zero-order valence-corrected chi connectivity index (χ0v) is 10.7. The predicted molar refractivity (Wildman–Crippen MR) is 69.6 cm³/mol. The lowest BCUT2D eigenvalue weighted by atomic mass is 9.93. The number of hydrogen-bond acceptors (Lipinski definition) is 4. The van der Waals surface area contributed by atoms with Crippen LogP contribution in [0.15, 0.2) is 18.2 Å². The molecular weight excluding hydrogens is 230 g/mol. The number of nitrogens with one attached hydrogen (secondary N) is 1. The van der Waals surface area contributed by atoms with E-state index in [4.69, 9.17) is 4.74 Å². The van der Waals surface area contributed by atoms with Crippen LogP contribution >= 0.6 is 0 Å². The molecule has 0 amide bonds. The van der Waals surface area contributed by atoms with Gasteiger partial charge in [-0.2, -0.15) is 0 Å². The molecule has 100 valence electrons. The van der Waals surface area contributed by atoms with Crippen molar-refractivity contribution in [1.29, 1.82) is 0 Å². The Morgan fingerprint density at radius 1 is 1.33 bits per heavy atom. The number of rotatable bonds is 4. The van der Waals surface area contributed by atoms with Crippen LogP contribution in [-0.2, 0) is 11.3 Å². The first-order valence-corrected chi connectivity index (χ1v) is 6.49. The van der Waals surface area contributed by atoms with Crippen LogP contribution in [0.3, 0.4) is 0 Å². The minimum Gasteiger partial charge on any atom is -0.508 e. The molecule has 0 aliphatic carbocycles. The molecule has 1 aromatic rings. The zero-order chi connectivity index (χ0) is 13.0.